The van der Waals surface area contributed by atoms with Gasteiger partial charge in [0.05, 0.1) is 0 Å². The maximum absolute atomic E-state index is 13.4. The summed E-state index contributed by atoms with van der Waals surface area (Å²) in [5.41, 5.74) is 8.88. The standard InChI is InChI=1S/C31H41N5O5/c1-19(2)35-18-23-16-22(17-33-26(23)28(35)38)21-13-11-20(12-14-21)15-25(27(32)37)34-29(39)36(24-9-7-6-8-10-24)30(40)41-31(3,4)5/h11-14,16-17,19,24-25H,6-10,15,18H2,1-5H3,(H2,32,37)(H,34,39)/t25-/m0/s1. The van der Waals surface area contributed by atoms with Crippen LogP contribution in [0.25, 0.3) is 11.1 Å². The second-order valence-corrected chi connectivity index (χ2v) is 12.2. The maximum atomic E-state index is 13.4. The molecule has 10 heteroatoms. The van der Waals surface area contributed by atoms with Crippen LogP contribution in [-0.4, -0.2) is 62.4 Å². The lowest BCUT2D eigenvalue weighted by Crippen LogP contribution is -2.56. The van der Waals surface area contributed by atoms with Crippen molar-refractivity contribution in [2.24, 2.45) is 5.73 Å². The highest BCUT2D eigenvalue weighted by Gasteiger charge is 2.36. The predicted octanol–water partition coefficient (Wildman–Crippen LogP) is 4.79. The minimum absolute atomic E-state index is 0.0508. The molecule has 1 aromatic heterocycles. The fourth-order valence-electron chi connectivity index (χ4n) is 5.35. The maximum Gasteiger partial charge on any atom is 0.418 e. The van der Waals surface area contributed by atoms with Crippen molar-refractivity contribution in [1.82, 2.24) is 20.1 Å². The number of carbonyl (C=O) groups excluding carboxylic acids is 4. The Kier molecular flexibility index (Phi) is 8.99. The van der Waals surface area contributed by atoms with Gasteiger partial charge in [-0.2, -0.15) is 0 Å². The number of amides is 5. The molecule has 1 aromatic carbocycles. The zero-order valence-corrected chi connectivity index (χ0v) is 24.6. The summed E-state index contributed by atoms with van der Waals surface area (Å²) in [4.78, 5) is 58.7. The number of aromatic nitrogens is 1. The van der Waals surface area contributed by atoms with Crippen molar-refractivity contribution in [3.05, 3.63) is 53.3 Å². The average Bonchev–Trinajstić information content (AvgIpc) is 3.24. The fourth-order valence-corrected chi connectivity index (χ4v) is 5.35. The molecule has 3 N–H and O–H groups in total. The van der Waals surface area contributed by atoms with E-state index in [1.807, 2.05) is 44.2 Å². The SMILES string of the molecule is CC(C)N1Cc2cc(-c3ccc(C[C@H](NC(=O)N(C(=O)OC(C)(C)C)C4CCCCC4)C(N)=O)cc3)cnc2C1=O. The number of ether oxygens (including phenoxy) is 1. The second kappa shape index (κ2) is 12.3. The minimum Gasteiger partial charge on any atom is -0.443 e. The van der Waals surface area contributed by atoms with Crippen LogP contribution in [0.1, 0.15) is 88.3 Å². The molecule has 220 valence electrons. The first-order chi connectivity index (χ1) is 19.3. The lowest BCUT2D eigenvalue weighted by Gasteiger charge is -2.34. The van der Waals surface area contributed by atoms with E-state index in [0.717, 1.165) is 46.4 Å². The molecule has 41 heavy (non-hydrogen) atoms. The van der Waals surface area contributed by atoms with Crippen molar-refractivity contribution in [2.75, 3.05) is 0 Å². The number of benzene rings is 1. The van der Waals surface area contributed by atoms with Crippen molar-refractivity contribution in [1.29, 1.82) is 0 Å². The summed E-state index contributed by atoms with van der Waals surface area (Å²) in [6, 6.07) is 7.63. The van der Waals surface area contributed by atoms with Crippen molar-refractivity contribution in [3.8, 4) is 11.1 Å². The Labute approximate surface area is 241 Å². The number of nitrogens with one attached hydrogen (secondary N) is 1. The zero-order valence-electron chi connectivity index (χ0n) is 24.6. The number of hydrogen-bond acceptors (Lipinski definition) is 6. The Morgan fingerprint density at radius 1 is 1.10 bits per heavy atom. The summed E-state index contributed by atoms with van der Waals surface area (Å²) in [6.07, 6.45) is 5.38. The van der Waals surface area contributed by atoms with Crippen LogP contribution < -0.4 is 11.1 Å². The first kappa shape index (κ1) is 30.0. The van der Waals surface area contributed by atoms with E-state index in [9.17, 15) is 19.2 Å². The molecule has 2 aromatic rings. The molecule has 1 atom stereocenters. The van der Waals surface area contributed by atoms with E-state index in [2.05, 4.69) is 10.3 Å². The van der Waals surface area contributed by atoms with Crippen LogP contribution in [-0.2, 0) is 22.5 Å². The van der Waals surface area contributed by atoms with Gasteiger partial charge < -0.3 is 20.7 Å². The summed E-state index contributed by atoms with van der Waals surface area (Å²) in [5, 5.41) is 2.69. The second-order valence-electron chi connectivity index (χ2n) is 12.2. The summed E-state index contributed by atoms with van der Waals surface area (Å²) in [7, 11) is 0. The number of rotatable bonds is 7. The highest BCUT2D eigenvalue weighted by atomic mass is 16.6. The van der Waals surface area contributed by atoms with Crippen molar-refractivity contribution in [3.63, 3.8) is 0 Å². The van der Waals surface area contributed by atoms with Crippen molar-refractivity contribution < 1.29 is 23.9 Å². The van der Waals surface area contributed by atoms with Gasteiger partial charge in [-0.1, -0.05) is 43.5 Å². The van der Waals surface area contributed by atoms with Gasteiger partial charge in [0.2, 0.25) is 5.91 Å². The van der Waals surface area contributed by atoms with Crippen molar-refractivity contribution >= 4 is 23.9 Å². The Morgan fingerprint density at radius 2 is 1.76 bits per heavy atom. The summed E-state index contributed by atoms with van der Waals surface area (Å²) in [6.45, 7) is 9.74. The quantitative estimate of drug-likeness (QED) is 0.497. The number of hydrogen-bond donors (Lipinski definition) is 2. The third kappa shape index (κ3) is 7.23. The van der Waals surface area contributed by atoms with Crippen LogP contribution >= 0.6 is 0 Å². The topological polar surface area (TPSA) is 135 Å². The molecule has 10 nitrogen and oxygen atoms in total. The molecule has 1 saturated carbocycles. The number of pyridine rings is 1. The van der Waals surface area contributed by atoms with Gasteiger partial charge in [0.15, 0.2) is 0 Å². The van der Waals surface area contributed by atoms with Crippen LogP contribution in [0, 0.1) is 0 Å². The van der Waals surface area contributed by atoms with Gasteiger partial charge in [-0.3, -0.25) is 14.6 Å². The molecule has 2 heterocycles. The van der Waals surface area contributed by atoms with Gasteiger partial charge in [-0.15, -0.1) is 0 Å². The third-order valence-corrected chi connectivity index (χ3v) is 7.51. The Morgan fingerprint density at radius 3 is 2.34 bits per heavy atom. The predicted molar refractivity (Wildman–Crippen MR) is 155 cm³/mol. The molecule has 4 rings (SSSR count). The van der Waals surface area contributed by atoms with E-state index in [1.54, 1.807) is 31.9 Å². The molecule has 0 saturated heterocycles. The van der Waals surface area contributed by atoms with E-state index in [1.165, 1.54) is 0 Å². The lowest BCUT2D eigenvalue weighted by atomic mass is 9.94. The highest BCUT2D eigenvalue weighted by Crippen LogP contribution is 2.28. The molecular formula is C31H41N5O5. The van der Waals surface area contributed by atoms with Crippen LogP contribution in [0.3, 0.4) is 0 Å². The van der Waals surface area contributed by atoms with Gasteiger partial charge in [0, 0.05) is 42.4 Å². The molecule has 1 aliphatic carbocycles. The number of primary amides is 1. The Bertz CT molecular complexity index is 1290. The van der Waals surface area contributed by atoms with E-state index >= 15 is 0 Å². The number of urea groups is 1. The lowest BCUT2D eigenvalue weighted by molar-refractivity contribution is -0.119. The van der Waals surface area contributed by atoms with Gasteiger partial charge in [-0.25, -0.2) is 14.5 Å². The summed E-state index contributed by atoms with van der Waals surface area (Å²) in [5.74, 6) is -0.748. The molecular weight excluding hydrogens is 522 g/mol. The molecule has 2 aliphatic rings. The van der Waals surface area contributed by atoms with Crippen LogP contribution in [0.4, 0.5) is 9.59 Å². The van der Waals surface area contributed by atoms with E-state index in [0.29, 0.717) is 25.1 Å². The normalized spacial score (nSPS) is 16.3. The van der Waals surface area contributed by atoms with E-state index in [-0.39, 0.29) is 24.4 Å². The number of fused-ring (bicyclic) bond motifs is 1. The van der Waals surface area contributed by atoms with E-state index < -0.39 is 29.7 Å². The first-order valence-corrected chi connectivity index (χ1v) is 14.3. The van der Waals surface area contributed by atoms with Crippen LogP contribution in [0.2, 0.25) is 0 Å². The van der Waals surface area contributed by atoms with Crippen LogP contribution in [0.15, 0.2) is 36.5 Å². The largest absolute Gasteiger partial charge is 0.443 e. The number of nitrogens with zero attached hydrogens (tertiary/aromatic N) is 3. The van der Waals surface area contributed by atoms with Gasteiger partial charge in [-0.05, 0) is 64.7 Å². The molecule has 0 spiro atoms. The fraction of sp³-hybridized carbons (Fsp3) is 0.516. The van der Waals surface area contributed by atoms with E-state index in [4.69, 9.17) is 10.5 Å². The van der Waals surface area contributed by atoms with Crippen molar-refractivity contribution in [2.45, 2.75) is 103 Å². The monoisotopic (exact) mass is 563 g/mol. The average molecular weight is 564 g/mol. The molecule has 5 amide bonds. The number of carbonyl (C=O) groups is 4. The third-order valence-electron chi connectivity index (χ3n) is 7.51. The number of nitrogens with two attached hydrogens (primary N) is 1. The summed E-state index contributed by atoms with van der Waals surface area (Å²) >= 11 is 0. The van der Waals surface area contributed by atoms with Gasteiger partial charge >= 0.3 is 12.1 Å². The minimum atomic E-state index is -1.02. The van der Waals surface area contributed by atoms with Gasteiger partial charge in [0.25, 0.3) is 5.91 Å². The molecule has 0 unspecified atom stereocenters. The summed E-state index contributed by atoms with van der Waals surface area (Å²) < 4.78 is 5.52. The molecule has 1 aliphatic heterocycles. The van der Waals surface area contributed by atoms with Crippen LogP contribution in [0.5, 0.6) is 0 Å². The molecule has 0 radical (unpaired) electrons. The molecule has 1 fully saturated rings. The van der Waals surface area contributed by atoms with Gasteiger partial charge in [0.1, 0.15) is 17.3 Å². The molecule has 0 bridgehead atoms. The number of imide groups is 1. The highest BCUT2D eigenvalue weighted by molar-refractivity contribution is 5.97. The first-order valence-electron chi connectivity index (χ1n) is 14.3. The zero-order chi connectivity index (χ0) is 29.9. The smallest absolute Gasteiger partial charge is 0.418 e. The Balaban J connectivity index is 1.47. The Hall–Kier alpha value is -3.95.